The van der Waals surface area contributed by atoms with Crippen molar-refractivity contribution >= 4 is 16.6 Å². The van der Waals surface area contributed by atoms with Crippen molar-refractivity contribution in [1.29, 1.82) is 5.41 Å². The minimum atomic E-state index is 0.520. The van der Waals surface area contributed by atoms with Crippen LogP contribution in [-0.2, 0) is 6.42 Å². The number of aromatic nitrogens is 1. The number of hydrogen-bond acceptors (Lipinski definition) is 3. The van der Waals surface area contributed by atoms with Crippen molar-refractivity contribution in [1.82, 2.24) is 9.88 Å². The maximum absolute atomic E-state index is 8.19. The van der Waals surface area contributed by atoms with Crippen molar-refractivity contribution in [2.45, 2.75) is 18.8 Å². The molecule has 1 saturated heterocycles. The molecule has 0 saturated carbocycles. The monoisotopic (exact) mass is 307 g/mol. The number of H-pyrrole nitrogens is 1. The van der Waals surface area contributed by atoms with Crippen LogP contribution in [0, 0.1) is 5.41 Å². The Morgan fingerprint density at radius 1 is 1.39 bits per heavy atom. The van der Waals surface area contributed by atoms with Gasteiger partial charge in [0.25, 0.3) is 0 Å². The van der Waals surface area contributed by atoms with Crippen molar-refractivity contribution in [2.75, 3.05) is 20.1 Å². The largest absolute Gasteiger partial charge is 0.463 e. The second-order valence-corrected chi connectivity index (χ2v) is 6.50. The van der Waals surface area contributed by atoms with Gasteiger partial charge in [0.2, 0.25) is 0 Å². The first-order chi connectivity index (χ1) is 11.2. The molecule has 1 aliphatic rings. The third-order valence-electron chi connectivity index (χ3n) is 4.81. The van der Waals surface area contributed by atoms with Gasteiger partial charge in [-0.1, -0.05) is 6.07 Å². The molecule has 2 N–H and O–H groups in total. The van der Waals surface area contributed by atoms with E-state index >= 15 is 0 Å². The minimum Gasteiger partial charge on any atom is -0.463 e. The first kappa shape index (κ1) is 14.3. The molecule has 1 atom stereocenters. The van der Waals surface area contributed by atoms with Crippen LogP contribution in [0.3, 0.4) is 0 Å². The molecule has 0 bridgehead atoms. The molecular formula is C19H21N3O. The Balaban J connectivity index is 1.63. The number of hydrogen-bond donors (Lipinski definition) is 2. The van der Waals surface area contributed by atoms with Crippen LogP contribution in [0.1, 0.15) is 29.2 Å². The highest BCUT2D eigenvalue weighted by Crippen LogP contribution is 2.32. The van der Waals surface area contributed by atoms with E-state index in [1.165, 1.54) is 29.4 Å². The van der Waals surface area contributed by atoms with Crippen LogP contribution < -0.4 is 0 Å². The third kappa shape index (κ3) is 2.70. The van der Waals surface area contributed by atoms with Crippen LogP contribution in [-0.4, -0.2) is 35.7 Å². The zero-order chi connectivity index (χ0) is 15.8. The molecular weight excluding hydrogens is 286 g/mol. The summed E-state index contributed by atoms with van der Waals surface area (Å²) in [5.41, 5.74) is 4.27. The summed E-state index contributed by atoms with van der Waals surface area (Å²) >= 11 is 0. The maximum Gasteiger partial charge on any atom is 0.147 e. The summed E-state index contributed by atoms with van der Waals surface area (Å²) in [5.74, 6) is 1.25. The smallest absolute Gasteiger partial charge is 0.147 e. The summed E-state index contributed by atoms with van der Waals surface area (Å²) in [4.78, 5) is 5.79. The standard InChI is InChI=1S/C19H21N3O/c1-22-7-6-14(12-22)16-11-21-18-5-4-13(9-15(16)18)10-17(20)19-3-2-8-23-19/h2-5,8-9,11,14,20-21H,6-7,10,12H2,1H3. The average molecular weight is 307 g/mol. The topological polar surface area (TPSA) is 56.0 Å². The lowest BCUT2D eigenvalue weighted by atomic mass is 9.96. The number of nitrogens with zero attached hydrogens (tertiary/aromatic N) is 1. The van der Waals surface area contributed by atoms with E-state index in [0.29, 0.717) is 23.8 Å². The Labute approximate surface area is 135 Å². The van der Waals surface area contributed by atoms with E-state index < -0.39 is 0 Å². The lowest BCUT2D eigenvalue weighted by molar-refractivity contribution is 0.412. The number of furan rings is 1. The Hall–Kier alpha value is -2.33. The van der Waals surface area contributed by atoms with E-state index in [9.17, 15) is 0 Å². The van der Waals surface area contributed by atoms with Gasteiger partial charge in [-0.25, -0.2) is 0 Å². The van der Waals surface area contributed by atoms with Crippen molar-refractivity contribution in [3.05, 3.63) is 59.7 Å². The van der Waals surface area contributed by atoms with Crippen LogP contribution in [0.2, 0.25) is 0 Å². The summed E-state index contributed by atoms with van der Waals surface area (Å²) in [6, 6.07) is 10.1. The third-order valence-corrected chi connectivity index (χ3v) is 4.81. The molecule has 3 heterocycles. The van der Waals surface area contributed by atoms with Crippen LogP contribution in [0.4, 0.5) is 0 Å². The number of nitrogens with one attached hydrogen (secondary N) is 2. The molecule has 1 aromatic carbocycles. The Morgan fingerprint density at radius 2 is 2.30 bits per heavy atom. The van der Waals surface area contributed by atoms with Gasteiger partial charge in [-0.15, -0.1) is 0 Å². The maximum atomic E-state index is 8.19. The molecule has 4 rings (SSSR count). The molecule has 1 unspecified atom stereocenters. The number of rotatable bonds is 4. The zero-order valence-electron chi connectivity index (χ0n) is 13.3. The van der Waals surface area contributed by atoms with E-state index in [2.05, 4.69) is 41.3 Å². The molecule has 0 amide bonds. The molecule has 1 aliphatic heterocycles. The normalized spacial score (nSPS) is 18.7. The highest BCUT2D eigenvalue weighted by atomic mass is 16.3. The van der Waals surface area contributed by atoms with E-state index in [1.54, 1.807) is 6.26 Å². The Morgan fingerprint density at radius 3 is 3.04 bits per heavy atom. The summed E-state index contributed by atoms with van der Waals surface area (Å²) in [7, 11) is 2.19. The second kappa shape index (κ2) is 5.70. The van der Waals surface area contributed by atoms with Gasteiger partial charge in [0, 0.05) is 30.1 Å². The van der Waals surface area contributed by atoms with E-state index in [0.717, 1.165) is 12.1 Å². The molecule has 0 aliphatic carbocycles. The molecule has 118 valence electrons. The number of benzene rings is 1. The van der Waals surface area contributed by atoms with Gasteiger partial charge in [0.15, 0.2) is 0 Å². The van der Waals surface area contributed by atoms with Gasteiger partial charge in [-0.05, 0) is 61.3 Å². The van der Waals surface area contributed by atoms with Gasteiger partial charge in [0.05, 0.1) is 12.0 Å². The molecule has 4 heteroatoms. The highest BCUT2D eigenvalue weighted by Gasteiger charge is 2.23. The van der Waals surface area contributed by atoms with Crippen LogP contribution in [0.25, 0.3) is 10.9 Å². The molecule has 0 spiro atoms. The molecule has 1 fully saturated rings. The SMILES string of the molecule is CN1CCC(c2c[nH]c3ccc(CC(=N)c4ccco4)cc23)C1. The molecule has 0 radical (unpaired) electrons. The number of fused-ring (bicyclic) bond motifs is 1. The van der Waals surface area contributed by atoms with E-state index in [-0.39, 0.29) is 0 Å². The highest BCUT2D eigenvalue weighted by molar-refractivity contribution is 5.97. The van der Waals surface area contributed by atoms with Crippen molar-refractivity contribution < 1.29 is 4.42 Å². The van der Waals surface area contributed by atoms with Crippen molar-refractivity contribution in [3.8, 4) is 0 Å². The van der Waals surface area contributed by atoms with Crippen LogP contribution in [0.5, 0.6) is 0 Å². The number of aromatic amines is 1. The molecule has 4 nitrogen and oxygen atoms in total. The number of likely N-dealkylation sites (N-methyl/N-ethyl adjacent to an activating group) is 1. The molecule has 2 aromatic heterocycles. The fraction of sp³-hybridized carbons (Fsp3) is 0.316. The van der Waals surface area contributed by atoms with E-state index in [1.807, 2.05) is 12.1 Å². The van der Waals surface area contributed by atoms with Gasteiger partial charge in [-0.3, -0.25) is 0 Å². The predicted molar refractivity (Wildman–Crippen MR) is 92.4 cm³/mol. The second-order valence-electron chi connectivity index (χ2n) is 6.50. The van der Waals surface area contributed by atoms with E-state index in [4.69, 9.17) is 9.83 Å². The van der Waals surface area contributed by atoms with Crippen LogP contribution in [0.15, 0.2) is 47.2 Å². The zero-order valence-corrected chi connectivity index (χ0v) is 13.3. The quantitative estimate of drug-likeness (QED) is 0.721. The van der Waals surface area contributed by atoms with Gasteiger partial charge in [-0.2, -0.15) is 0 Å². The minimum absolute atomic E-state index is 0.520. The Kier molecular flexibility index (Phi) is 3.54. The summed E-state index contributed by atoms with van der Waals surface area (Å²) in [6.07, 6.45) is 5.60. The summed E-state index contributed by atoms with van der Waals surface area (Å²) in [6.45, 7) is 2.29. The van der Waals surface area contributed by atoms with Gasteiger partial charge < -0.3 is 19.7 Å². The lowest BCUT2D eigenvalue weighted by Crippen LogP contribution is -2.13. The predicted octanol–water partition coefficient (Wildman–Crippen LogP) is 3.79. The number of likely N-dealkylation sites (tertiary alicyclic amines) is 1. The van der Waals surface area contributed by atoms with Crippen molar-refractivity contribution in [2.24, 2.45) is 0 Å². The van der Waals surface area contributed by atoms with Crippen molar-refractivity contribution in [3.63, 3.8) is 0 Å². The summed E-state index contributed by atoms with van der Waals surface area (Å²) < 4.78 is 5.32. The fourth-order valence-electron chi connectivity index (χ4n) is 3.57. The molecule has 23 heavy (non-hydrogen) atoms. The first-order valence-electron chi connectivity index (χ1n) is 8.10. The molecule has 3 aromatic rings. The van der Waals surface area contributed by atoms with Crippen LogP contribution >= 0.6 is 0 Å². The average Bonchev–Trinajstić information content (AvgIpc) is 3.26. The Bertz CT molecular complexity index is 832. The summed E-state index contributed by atoms with van der Waals surface area (Å²) in [5, 5.41) is 9.49. The fourth-order valence-corrected chi connectivity index (χ4v) is 3.57. The van der Waals surface area contributed by atoms with Gasteiger partial charge >= 0.3 is 0 Å². The first-order valence-corrected chi connectivity index (χ1v) is 8.10. The van der Waals surface area contributed by atoms with Gasteiger partial charge in [0.1, 0.15) is 5.76 Å². The lowest BCUT2D eigenvalue weighted by Gasteiger charge is -2.10.